The van der Waals surface area contributed by atoms with Crippen molar-refractivity contribution in [3.63, 3.8) is 0 Å². The van der Waals surface area contributed by atoms with Crippen molar-refractivity contribution in [3.05, 3.63) is 95.3 Å². The van der Waals surface area contributed by atoms with Crippen LogP contribution in [0.1, 0.15) is 34.5 Å². The maximum absolute atomic E-state index is 15.0. The summed E-state index contributed by atoms with van der Waals surface area (Å²) in [5.41, 5.74) is 8.93. The highest BCUT2D eigenvalue weighted by Gasteiger charge is 2.26. The van der Waals surface area contributed by atoms with E-state index in [2.05, 4.69) is 15.4 Å². The minimum atomic E-state index is -3.26. The molecule has 10 nitrogen and oxygen atoms in total. The molecule has 0 aliphatic carbocycles. The first kappa shape index (κ1) is 29.3. The van der Waals surface area contributed by atoms with Crippen LogP contribution >= 0.6 is 0 Å². The summed E-state index contributed by atoms with van der Waals surface area (Å²) in [5, 5.41) is 8.02. The molecule has 44 heavy (non-hydrogen) atoms. The van der Waals surface area contributed by atoms with Gasteiger partial charge in [-0.15, -0.1) is 0 Å². The van der Waals surface area contributed by atoms with E-state index < -0.39 is 27.4 Å². The number of carbonyl (C=O) groups is 1. The Kier molecular flexibility index (Phi) is 7.59. The normalized spacial score (nSPS) is 14.6. The second-order valence-corrected chi connectivity index (χ2v) is 12.8. The van der Waals surface area contributed by atoms with Crippen LogP contribution in [0.25, 0.3) is 16.6 Å². The van der Waals surface area contributed by atoms with E-state index in [-0.39, 0.29) is 34.6 Å². The van der Waals surface area contributed by atoms with Gasteiger partial charge in [-0.1, -0.05) is 12.1 Å². The molecule has 1 aliphatic rings. The number of H-pyrrole nitrogens is 1. The zero-order chi connectivity index (χ0) is 31.2. The fraction of sp³-hybridized carbons (Fsp3) is 0.226. The molecule has 3 heterocycles. The highest BCUT2D eigenvalue weighted by Crippen LogP contribution is 2.30. The maximum Gasteiger partial charge on any atom is 0.214 e. The largest absolute Gasteiger partial charge is 0.454 e. The SMILES string of the molecule is Cc1cc(Oc2ccccc2F)ccc1-n1ncc(C(=O)c2cc3cc(F)c(NC4CCN(S(C)(=O)=O)CC4)cc3[nH]2)c1N. The van der Waals surface area contributed by atoms with Gasteiger partial charge in [0.05, 0.1) is 35.1 Å². The summed E-state index contributed by atoms with van der Waals surface area (Å²) in [4.78, 5) is 16.5. The molecule has 228 valence electrons. The number of fused-ring (bicyclic) bond motifs is 1. The average molecular weight is 621 g/mol. The van der Waals surface area contributed by atoms with E-state index in [0.29, 0.717) is 48.3 Å². The lowest BCUT2D eigenvalue weighted by Gasteiger charge is -2.31. The first-order chi connectivity index (χ1) is 21.0. The number of aryl methyl sites for hydroxylation is 1. The van der Waals surface area contributed by atoms with Crippen LogP contribution in [0.3, 0.4) is 0 Å². The Morgan fingerprint density at radius 1 is 1.07 bits per heavy atom. The first-order valence-corrected chi connectivity index (χ1v) is 15.8. The molecule has 6 rings (SSSR count). The van der Waals surface area contributed by atoms with Crippen LogP contribution in [0.2, 0.25) is 0 Å². The van der Waals surface area contributed by atoms with Crippen molar-refractivity contribution in [2.45, 2.75) is 25.8 Å². The minimum absolute atomic E-state index is 0.0924. The summed E-state index contributed by atoms with van der Waals surface area (Å²) in [5.74, 6) is -0.725. The van der Waals surface area contributed by atoms with E-state index in [9.17, 15) is 17.6 Å². The van der Waals surface area contributed by atoms with Crippen LogP contribution in [0.4, 0.5) is 20.3 Å². The van der Waals surface area contributed by atoms with Gasteiger partial charge in [0.15, 0.2) is 11.6 Å². The Labute approximate surface area is 252 Å². The number of rotatable bonds is 8. The van der Waals surface area contributed by atoms with Crippen molar-refractivity contribution in [1.29, 1.82) is 0 Å². The number of aromatic nitrogens is 3. The Morgan fingerprint density at radius 3 is 2.52 bits per heavy atom. The Bertz CT molecular complexity index is 2000. The molecule has 0 spiro atoms. The predicted molar refractivity (Wildman–Crippen MR) is 164 cm³/mol. The Morgan fingerprint density at radius 2 is 1.82 bits per heavy atom. The third-order valence-electron chi connectivity index (χ3n) is 7.75. The van der Waals surface area contributed by atoms with Gasteiger partial charge in [0.25, 0.3) is 0 Å². The second-order valence-electron chi connectivity index (χ2n) is 10.8. The number of benzene rings is 3. The summed E-state index contributed by atoms with van der Waals surface area (Å²) >= 11 is 0. The highest BCUT2D eigenvalue weighted by atomic mass is 32.2. The van der Waals surface area contributed by atoms with Crippen LogP contribution in [0, 0.1) is 18.6 Å². The smallest absolute Gasteiger partial charge is 0.214 e. The summed E-state index contributed by atoms with van der Waals surface area (Å²) < 4.78 is 61.1. The molecule has 0 unspecified atom stereocenters. The van der Waals surface area contributed by atoms with Crippen LogP contribution in [0.15, 0.2) is 66.9 Å². The number of piperidine rings is 1. The topological polar surface area (TPSA) is 135 Å². The predicted octanol–water partition coefficient (Wildman–Crippen LogP) is 5.38. The van der Waals surface area contributed by atoms with Crippen molar-refractivity contribution < 1.29 is 26.7 Å². The zero-order valence-corrected chi connectivity index (χ0v) is 24.8. The first-order valence-electron chi connectivity index (χ1n) is 13.9. The number of carbonyl (C=O) groups excluding carboxylic acids is 1. The summed E-state index contributed by atoms with van der Waals surface area (Å²) in [6.07, 6.45) is 3.65. The van der Waals surface area contributed by atoms with E-state index in [1.807, 2.05) is 6.92 Å². The third kappa shape index (κ3) is 5.75. The Balaban J connectivity index is 1.20. The molecule has 4 N–H and O–H groups in total. The number of nitrogens with two attached hydrogens (primary N) is 1. The number of nitrogens with zero attached hydrogens (tertiary/aromatic N) is 3. The van der Waals surface area contributed by atoms with Crippen molar-refractivity contribution in [2.24, 2.45) is 0 Å². The summed E-state index contributed by atoms with van der Waals surface area (Å²) in [6, 6.07) is 15.6. The monoisotopic (exact) mass is 620 g/mol. The van der Waals surface area contributed by atoms with Crippen LogP contribution < -0.4 is 15.8 Å². The van der Waals surface area contributed by atoms with Crippen molar-refractivity contribution in [2.75, 3.05) is 30.4 Å². The van der Waals surface area contributed by atoms with Gasteiger partial charge in [-0.2, -0.15) is 5.10 Å². The fourth-order valence-corrected chi connectivity index (χ4v) is 6.27. The van der Waals surface area contributed by atoms with Gasteiger partial charge in [0, 0.05) is 30.0 Å². The number of nitrogens with one attached hydrogen (secondary N) is 2. The van der Waals surface area contributed by atoms with Crippen LogP contribution in [-0.2, 0) is 10.0 Å². The summed E-state index contributed by atoms with van der Waals surface area (Å²) in [6.45, 7) is 2.54. The quantitative estimate of drug-likeness (QED) is 0.198. The number of halogens is 2. The molecule has 1 fully saturated rings. The molecule has 0 amide bonds. The van der Waals surface area contributed by atoms with Gasteiger partial charge in [0.1, 0.15) is 17.4 Å². The number of nitrogen functional groups attached to an aromatic ring is 1. The van der Waals surface area contributed by atoms with E-state index in [0.717, 1.165) is 5.56 Å². The van der Waals surface area contributed by atoms with Crippen molar-refractivity contribution >= 4 is 38.2 Å². The van der Waals surface area contributed by atoms with E-state index in [1.54, 1.807) is 42.5 Å². The van der Waals surface area contributed by atoms with E-state index >= 15 is 4.39 Å². The van der Waals surface area contributed by atoms with Crippen molar-refractivity contribution in [3.8, 4) is 17.2 Å². The maximum atomic E-state index is 15.0. The molecule has 0 atom stereocenters. The number of ether oxygens (including phenoxy) is 1. The number of sulfonamides is 1. The molecule has 2 aromatic heterocycles. The van der Waals surface area contributed by atoms with Gasteiger partial charge in [-0.25, -0.2) is 26.2 Å². The third-order valence-corrected chi connectivity index (χ3v) is 9.05. The fourth-order valence-electron chi connectivity index (χ4n) is 5.39. The summed E-state index contributed by atoms with van der Waals surface area (Å²) in [7, 11) is -3.26. The molecule has 5 aromatic rings. The van der Waals surface area contributed by atoms with Crippen LogP contribution in [0.5, 0.6) is 11.5 Å². The molecule has 3 aromatic carbocycles. The standard InChI is InChI=1S/C31H30F2N6O4S/c1-18-13-21(43-29-6-4-3-5-23(29)32)7-8-28(18)39-31(34)22(17-35-39)30(40)27-15-19-14-24(33)26(16-25(19)37-27)36-20-9-11-38(12-10-20)44(2,41)42/h3-8,13-17,20,36-37H,9-12,34H2,1-2H3. The van der Waals surface area contributed by atoms with Crippen LogP contribution in [-0.4, -0.2) is 58.7 Å². The number of para-hydroxylation sites is 1. The molecule has 1 saturated heterocycles. The molecule has 0 saturated carbocycles. The zero-order valence-electron chi connectivity index (χ0n) is 24.0. The number of anilines is 2. The van der Waals surface area contributed by atoms with Gasteiger partial charge < -0.3 is 20.8 Å². The minimum Gasteiger partial charge on any atom is -0.454 e. The average Bonchev–Trinajstić information content (AvgIpc) is 3.57. The van der Waals surface area contributed by atoms with Crippen molar-refractivity contribution in [1.82, 2.24) is 19.1 Å². The van der Waals surface area contributed by atoms with Gasteiger partial charge in [0.2, 0.25) is 15.8 Å². The number of hydrogen-bond donors (Lipinski definition) is 3. The van der Waals surface area contributed by atoms with E-state index in [1.165, 1.54) is 39.6 Å². The molecular weight excluding hydrogens is 590 g/mol. The lowest BCUT2D eigenvalue weighted by Crippen LogP contribution is -2.41. The lowest BCUT2D eigenvalue weighted by atomic mass is 10.1. The molecule has 0 bridgehead atoms. The van der Waals surface area contributed by atoms with Gasteiger partial charge in [-0.3, -0.25) is 4.79 Å². The van der Waals surface area contributed by atoms with E-state index in [4.69, 9.17) is 10.5 Å². The molecule has 0 radical (unpaired) electrons. The molecule has 13 heteroatoms. The number of ketones is 1. The number of hydrogen-bond acceptors (Lipinski definition) is 7. The highest BCUT2D eigenvalue weighted by molar-refractivity contribution is 7.88. The van der Waals surface area contributed by atoms with Gasteiger partial charge in [-0.05, 0) is 73.9 Å². The molecule has 1 aliphatic heterocycles. The Hall–Kier alpha value is -4.75. The lowest BCUT2D eigenvalue weighted by molar-refractivity contribution is 0.103. The molecular formula is C31H30F2N6O4S. The number of aromatic amines is 1. The second kappa shape index (κ2) is 11.4. The van der Waals surface area contributed by atoms with Gasteiger partial charge >= 0.3 is 0 Å².